The van der Waals surface area contributed by atoms with Crippen LogP contribution in [-0.4, -0.2) is 74.7 Å². The fourth-order valence-corrected chi connectivity index (χ4v) is 4.87. The number of carbonyl (C=O) groups excluding carboxylic acids is 2. The van der Waals surface area contributed by atoms with Crippen molar-refractivity contribution in [2.75, 3.05) is 39.3 Å². The maximum atomic E-state index is 12.8. The van der Waals surface area contributed by atoms with Crippen LogP contribution in [0.2, 0.25) is 0 Å². The number of hydrogen-bond acceptors (Lipinski definition) is 5. The Bertz CT molecular complexity index is 803. The van der Waals surface area contributed by atoms with Crippen molar-refractivity contribution in [3.05, 3.63) is 29.8 Å². The maximum absolute atomic E-state index is 12.8. The number of piperazine rings is 1. The van der Waals surface area contributed by atoms with Crippen LogP contribution in [0.25, 0.3) is 0 Å². The van der Waals surface area contributed by atoms with Crippen molar-refractivity contribution in [1.29, 1.82) is 0 Å². The maximum Gasteiger partial charge on any atom is 0.251 e. The minimum Gasteiger partial charge on any atom is -0.354 e. The molecule has 3 rings (SSSR count). The van der Waals surface area contributed by atoms with Crippen LogP contribution >= 0.6 is 0 Å². The van der Waals surface area contributed by atoms with E-state index in [9.17, 15) is 18.0 Å². The van der Waals surface area contributed by atoms with Crippen LogP contribution in [0.15, 0.2) is 29.2 Å². The van der Waals surface area contributed by atoms with Gasteiger partial charge in [0, 0.05) is 37.8 Å². The van der Waals surface area contributed by atoms with Crippen molar-refractivity contribution in [2.24, 2.45) is 0 Å². The van der Waals surface area contributed by atoms with Crippen molar-refractivity contribution >= 4 is 21.8 Å². The van der Waals surface area contributed by atoms with Gasteiger partial charge >= 0.3 is 0 Å². The van der Waals surface area contributed by atoms with E-state index >= 15 is 0 Å². The minimum absolute atomic E-state index is 0.0330. The van der Waals surface area contributed by atoms with E-state index in [2.05, 4.69) is 22.5 Å². The summed E-state index contributed by atoms with van der Waals surface area (Å²) in [5.74, 6) is -0.587. The Morgan fingerprint density at radius 2 is 2.00 bits per heavy atom. The lowest BCUT2D eigenvalue weighted by molar-refractivity contribution is -0.122. The van der Waals surface area contributed by atoms with Gasteiger partial charge in [-0.15, -0.1) is 0 Å². The van der Waals surface area contributed by atoms with Gasteiger partial charge in [0.15, 0.2) is 0 Å². The quantitative estimate of drug-likeness (QED) is 0.734. The molecule has 2 aliphatic rings. The highest BCUT2D eigenvalue weighted by molar-refractivity contribution is 7.89. The number of rotatable bonds is 5. The van der Waals surface area contributed by atoms with E-state index in [-0.39, 0.29) is 42.4 Å². The number of sulfonamides is 1. The van der Waals surface area contributed by atoms with Crippen LogP contribution in [0.4, 0.5) is 0 Å². The largest absolute Gasteiger partial charge is 0.354 e. The predicted octanol–water partition coefficient (Wildman–Crippen LogP) is 0.0212. The highest BCUT2D eigenvalue weighted by Crippen LogP contribution is 2.18. The molecule has 0 aliphatic carbocycles. The molecule has 0 saturated carbocycles. The third-order valence-electron chi connectivity index (χ3n) is 5.11. The Morgan fingerprint density at radius 1 is 1.26 bits per heavy atom. The molecule has 0 unspecified atom stereocenters. The molecule has 2 aliphatic heterocycles. The van der Waals surface area contributed by atoms with Gasteiger partial charge in [-0.3, -0.25) is 9.59 Å². The number of carbonyl (C=O) groups is 2. The predicted molar refractivity (Wildman–Crippen MR) is 101 cm³/mol. The number of likely N-dealkylation sites (tertiary alicyclic amines) is 1. The summed E-state index contributed by atoms with van der Waals surface area (Å²) in [7, 11) is -3.81. The lowest BCUT2D eigenvalue weighted by Gasteiger charge is -2.31. The number of nitrogens with one attached hydrogen (secondary N) is 2. The second kappa shape index (κ2) is 8.37. The van der Waals surface area contributed by atoms with E-state index in [4.69, 9.17) is 0 Å². The topological polar surface area (TPSA) is 98.8 Å². The summed E-state index contributed by atoms with van der Waals surface area (Å²) >= 11 is 0. The zero-order valence-electron chi connectivity index (χ0n) is 15.5. The third-order valence-corrected chi connectivity index (χ3v) is 6.95. The fraction of sp³-hybridized carbons (Fsp3) is 0.556. The molecule has 0 aromatic heterocycles. The van der Waals surface area contributed by atoms with Crippen molar-refractivity contribution < 1.29 is 18.0 Å². The molecule has 0 atom stereocenters. The van der Waals surface area contributed by atoms with Gasteiger partial charge in [0.05, 0.1) is 11.4 Å². The summed E-state index contributed by atoms with van der Waals surface area (Å²) < 4.78 is 26.7. The van der Waals surface area contributed by atoms with Gasteiger partial charge in [0.25, 0.3) is 5.91 Å². The lowest BCUT2D eigenvalue weighted by atomic mass is 10.0. The molecule has 2 N–H and O–H groups in total. The summed E-state index contributed by atoms with van der Waals surface area (Å²) in [6.07, 6.45) is 1.78. The minimum atomic E-state index is -3.81. The summed E-state index contributed by atoms with van der Waals surface area (Å²) in [6.45, 7) is 5.34. The molecule has 0 radical (unpaired) electrons. The van der Waals surface area contributed by atoms with Gasteiger partial charge < -0.3 is 15.5 Å². The second-order valence-electron chi connectivity index (χ2n) is 6.90. The Balaban J connectivity index is 1.69. The fourth-order valence-electron chi connectivity index (χ4n) is 3.43. The molecule has 0 spiro atoms. The standard InChI is InChI=1S/C18H26N4O4S/c1-2-21-9-6-15(7-10-21)20-18(24)14-4-3-5-16(12-14)27(25,26)22-11-8-19-17(23)13-22/h3-5,12,15H,2,6-11,13H2,1H3,(H,19,23)(H,20,24). The summed E-state index contributed by atoms with van der Waals surface area (Å²) in [4.78, 5) is 26.5. The molecular formula is C18H26N4O4S. The number of amides is 2. The lowest BCUT2D eigenvalue weighted by Crippen LogP contribution is -2.49. The average Bonchev–Trinajstić information content (AvgIpc) is 2.68. The van der Waals surface area contributed by atoms with E-state index in [1.165, 1.54) is 12.1 Å². The molecule has 148 valence electrons. The van der Waals surface area contributed by atoms with Gasteiger partial charge in [-0.25, -0.2) is 8.42 Å². The molecule has 8 nitrogen and oxygen atoms in total. The normalized spacial score (nSPS) is 20.3. The smallest absolute Gasteiger partial charge is 0.251 e. The van der Waals surface area contributed by atoms with Crippen LogP contribution in [0, 0.1) is 0 Å². The van der Waals surface area contributed by atoms with Gasteiger partial charge in [0.2, 0.25) is 15.9 Å². The molecule has 9 heteroatoms. The van der Waals surface area contributed by atoms with Crippen molar-refractivity contribution in [3.63, 3.8) is 0 Å². The van der Waals surface area contributed by atoms with E-state index in [1.807, 2.05) is 0 Å². The molecule has 0 bridgehead atoms. The molecule has 2 heterocycles. The van der Waals surface area contributed by atoms with Gasteiger partial charge in [-0.05, 0) is 37.6 Å². The molecular weight excluding hydrogens is 368 g/mol. The van der Waals surface area contributed by atoms with Crippen LogP contribution in [0.3, 0.4) is 0 Å². The van der Waals surface area contributed by atoms with Gasteiger partial charge in [-0.1, -0.05) is 13.0 Å². The molecule has 2 amide bonds. The van der Waals surface area contributed by atoms with Gasteiger partial charge in [-0.2, -0.15) is 4.31 Å². The Labute approximate surface area is 160 Å². The summed E-state index contributed by atoms with van der Waals surface area (Å²) in [5, 5.41) is 5.61. The van der Waals surface area contributed by atoms with E-state index in [0.29, 0.717) is 5.56 Å². The van der Waals surface area contributed by atoms with Crippen LogP contribution in [0.5, 0.6) is 0 Å². The molecule has 1 aromatic rings. The monoisotopic (exact) mass is 394 g/mol. The first-order chi connectivity index (χ1) is 12.9. The molecule has 1 aromatic carbocycles. The van der Waals surface area contributed by atoms with Crippen molar-refractivity contribution in [3.8, 4) is 0 Å². The van der Waals surface area contributed by atoms with Crippen LogP contribution in [0.1, 0.15) is 30.1 Å². The number of piperidine rings is 1. The van der Waals surface area contributed by atoms with E-state index in [0.717, 1.165) is 36.8 Å². The second-order valence-corrected chi connectivity index (χ2v) is 8.84. The molecule has 2 saturated heterocycles. The first kappa shape index (κ1) is 19.8. The zero-order chi connectivity index (χ0) is 19.4. The highest BCUT2D eigenvalue weighted by atomic mass is 32.2. The zero-order valence-corrected chi connectivity index (χ0v) is 16.3. The molecule has 2 fully saturated rings. The number of hydrogen-bond donors (Lipinski definition) is 2. The van der Waals surface area contributed by atoms with E-state index in [1.54, 1.807) is 12.1 Å². The Hall–Kier alpha value is -1.97. The molecule has 27 heavy (non-hydrogen) atoms. The number of benzene rings is 1. The van der Waals surface area contributed by atoms with Gasteiger partial charge in [0.1, 0.15) is 0 Å². The third kappa shape index (κ3) is 4.66. The van der Waals surface area contributed by atoms with Crippen LogP contribution in [-0.2, 0) is 14.8 Å². The SMILES string of the molecule is CCN1CCC(NC(=O)c2cccc(S(=O)(=O)N3CCNC(=O)C3)c2)CC1. The summed E-state index contributed by atoms with van der Waals surface area (Å²) in [6, 6.07) is 6.12. The van der Waals surface area contributed by atoms with Crippen LogP contribution < -0.4 is 10.6 Å². The average molecular weight is 394 g/mol. The first-order valence-corrected chi connectivity index (χ1v) is 10.7. The van der Waals surface area contributed by atoms with E-state index < -0.39 is 10.0 Å². The first-order valence-electron chi connectivity index (χ1n) is 9.30. The Morgan fingerprint density at radius 3 is 2.67 bits per heavy atom. The number of nitrogens with zero attached hydrogens (tertiary/aromatic N) is 2. The highest BCUT2D eigenvalue weighted by Gasteiger charge is 2.29. The van der Waals surface area contributed by atoms with Crippen molar-refractivity contribution in [2.45, 2.75) is 30.7 Å². The Kier molecular flexibility index (Phi) is 6.13. The van der Waals surface area contributed by atoms with Crippen molar-refractivity contribution in [1.82, 2.24) is 19.8 Å². The summed E-state index contributed by atoms with van der Waals surface area (Å²) in [5.41, 5.74) is 0.315.